The minimum absolute atomic E-state index is 0.0201. The molecular weight excluding hydrogens is 654 g/mol. The van der Waals surface area contributed by atoms with Gasteiger partial charge < -0.3 is 45.9 Å². The van der Waals surface area contributed by atoms with Crippen LogP contribution in [0.2, 0.25) is 0 Å². The van der Waals surface area contributed by atoms with Crippen LogP contribution in [0.25, 0.3) is 0 Å². The number of carboxylic acids is 2. The van der Waals surface area contributed by atoms with Gasteiger partial charge in [0.25, 0.3) is 0 Å². The molecule has 15 heteroatoms. The van der Waals surface area contributed by atoms with Crippen LogP contribution in [0.4, 0.5) is 0 Å². The Morgan fingerprint density at radius 3 is 1.50 bits per heavy atom. The van der Waals surface area contributed by atoms with Gasteiger partial charge in [-0.2, -0.15) is 0 Å². The standard InChI is InChI=1S/C35H62N3O12/c36-19-21-47-23-25-49-30(27-39)33(44)34(50-26-24-48-22-20-37)29(40)18-17-28(35(45)46)38-31(41)15-13-11-9-7-5-3-1-2-4-6-8-10-12-14-16-32(42)43/h28,30,34H,1-26,36-37H2,(H,38,41)(H,42,43)(H,45,46)/t28-,30?,34?/m0/s1. The molecule has 0 saturated carbocycles. The molecular formula is C35H62N3O12. The van der Waals surface area contributed by atoms with Crippen LogP contribution in [-0.2, 0) is 47.7 Å². The Balaban J connectivity index is 4.49. The van der Waals surface area contributed by atoms with Crippen molar-refractivity contribution in [2.75, 3.05) is 52.7 Å². The number of hydrogen-bond donors (Lipinski definition) is 5. The summed E-state index contributed by atoms with van der Waals surface area (Å²) in [4.78, 5) is 72.3. The second-order valence-corrected chi connectivity index (χ2v) is 12.1. The molecule has 0 heterocycles. The molecule has 0 saturated heterocycles. The molecule has 0 rings (SSSR count). The minimum Gasteiger partial charge on any atom is -0.481 e. The quantitative estimate of drug-likeness (QED) is 0.0456. The van der Waals surface area contributed by atoms with E-state index in [-0.39, 0.29) is 72.0 Å². The van der Waals surface area contributed by atoms with Gasteiger partial charge in [-0.3, -0.25) is 24.0 Å². The predicted octanol–water partition coefficient (Wildman–Crippen LogP) is 2.63. The largest absolute Gasteiger partial charge is 0.481 e. The van der Waals surface area contributed by atoms with Crippen molar-refractivity contribution < 1.29 is 57.9 Å². The Bertz CT molecular complexity index is 937. The Morgan fingerprint density at radius 1 is 0.600 bits per heavy atom. The molecule has 7 N–H and O–H groups in total. The fourth-order valence-corrected chi connectivity index (χ4v) is 5.09. The first-order chi connectivity index (χ1) is 24.2. The van der Waals surface area contributed by atoms with Crippen molar-refractivity contribution in [3.05, 3.63) is 0 Å². The van der Waals surface area contributed by atoms with Crippen LogP contribution < -0.4 is 16.8 Å². The van der Waals surface area contributed by atoms with Crippen LogP contribution in [-0.4, -0.2) is 117 Å². The molecule has 1 amide bonds. The van der Waals surface area contributed by atoms with Crippen molar-refractivity contribution in [2.24, 2.45) is 11.5 Å². The number of carbonyl (C=O) groups is 5. The molecule has 289 valence electrons. The molecule has 0 spiro atoms. The van der Waals surface area contributed by atoms with Crippen LogP contribution in [0.1, 0.15) is 116 Å². The number of rotatable bonds is 38. The number of aliphatic carboxylic acids is 2. The summed E-state index contributed by atoms with van der Waals surface area (Å²) in [5.41, 5.74) is 10.7. The van der Waals surface area contributed by atoms with E-state index in [9.17, 15) is 33.9 Å². The molecule has 0 aliphatic heterocycles. The maximum Gasteiger partial charge on any atom is 0.326 e. The minimum atomic E-state index is -1.73. The summed E-state index contributed by atoms with van der Waals surface area (Å²) in [5, 5.41) is 20.8. The average molecular weight is 717 g/mol. The van der Waals surface area contributed by atoms with Gasteiger partial charge in [0, 0.05) is 32.4 Å². The average Bonchev–Trinajstić information content (AvgIpc) is 3.09. The zero-order valence-corrected chi connectivity index (χ0v) is 29.7. The van der Waals surface area contributed by atoms with Crippen molar-refractivity contribution in [1.82, 2.24) is 5.32 Å². The van der Waals surface area contributed by atoms with Crippen molar-refractivity contribution in [3.8, 4) is 0 Å². The number of ketones is 2. The van der Waals surface area contributed by atoms with Crippen molar-refractivity contribution in [1.29, 1.82) is 0 Å². The fraction of sp³-hybridized carbons (Fsp3) is 0.829. The Morgan fingerprint density at radius 2 is 1.06 bits per heavy atom. The fourth-order valence-electron chi connectivity index (χ4n) is 5.09. The van der Waals surface area contributed by atoms with Gasteiger partial charge >= 0.3 is 11.9 Å². The van der Waals surface area contributed by atoms with Gasteiger partial charge in [0.15, 0.2) is 18.0 Å². The van der Waals surface area contributed by atoms with E-state index in [1.54, 1.807) is 0 Å². The highest BCUT2D eigenvalue weighted by Gasteiger charge is 2.35. The number of hydrogen-bond acceptors (Lipinski definition) is 12. The molecule has 0 aromatic carbocycles. The lowest BCUT2D eigenvalue weighted by molar-refractivity contribution is -0.149. The molecule has 50 heavy (non-hydrogen) atoms. The normalized spacial score (nSPS) is 13.0. The number of carbonyl (C=O) groups excluding carboxylic acids is 4. The number of nitrogens with two attached hydrogens (primary N) is 2. The van der Waals surface area contributed by atoms with Gasteiger partial charge in [-0.05, 0) is 19.3 Å². The third-order valence-corrected chi connectivity index (χ3v) is 7.82. The molecule has 0 aliphatic rings. The lowest BCUT2D eigenvalue weighted by Crippen LogP contribution is -2.44. The third-order valence-electron chi connectivity index (χ3n) is 7.82. The van der Waals surface area contributed by atoms with Crippen LogP contribution in [0.3, 0.4) is 0 Å². The van der Waals surface area contributed by atoms with E-state index in [2.05, 4.69) is 5.32 Å². The molecule has 3 atom stereocenters. The highest BCUT2D eigenvalue weighted by Crippen LogP contribution is 2.14. The SMILES string of the molecule is NCCOCCOC([C]=O)C(=O)C(OCCOCCN)C(=O)CC[C@H](NC(=O)CCCCCCCCCCCCCCCCC(=O)O)C(=O)O. The molecule has 0 aliphatic carbocycles. The summed E-state index contributed by atoms with van der Waals surface area (Å²) in [5.74, 6) is -4.24. The first-order valence-corrected chi connectivity index (χ1v) is 18.1. The maximum absolute atomic E-state index is 13.0. The Kier molecular flexibility index (Phi) is 31.5. The third kappa shape index (κ3) is 27.0. The molecule has 0 aromatic heterocycles. The van der Waals surface area contributed by atoms with E-state index in [4.69, 9.17) is 35.5 Å². The maximum atomic E-state index is 13.0. The smallest absolute Gasteiger partial charge is 0.326 e. The Hall–Kier alpha value is -2.82. The zero-order valence-electron chi connectivity index (χ0n) is 29.7. The number of amides is 1. The summed E-state index contributed by atoms with van der Waals surface area (Å²) in [7, 11) is 0. The van der Waals surface area contributed by atoms with Gasteiger partial charge in [-0.15, -0.1) is 0 Å². The molecule has 2 unspecified atom stereocenters. The molecule has 0 aromatic rings. The van der Waals surface area contributed by atoms with Crippen LogP contribution in [0, 0.1) is 0 Å². The number of carboxylic acid groups (broad SMARTS) is 2. The summed E-state index contributed by atoms with van der Waals surface area (Å²) in [6.45, 7) is 0.786. The Labute approximate surface area is 296 Å². The second-order valence-electron chi connectivity index (χ2n) is 12.1. The van der Waals surface area contributed by atoms with E-state index >= 15 is 0 Å². The molecule has 0 fully saturated rings. The van der Waals surface area contributed by atoms with E-state index in [1.807, 2.05) is 0 Å². The number of unbranched alkanes of at least 4 members (excludes halogenated alkanes) is 13. The van der Waals surface area contributed by atoms with E-state index in [0.29, 0.717) is 6.42 Å². The van der Waals surface area contributed by atoms with Crippen molar-refractivity contribution in [3.63, 3.8) is 0 Å². The van der Waals surface area contributed by atoms with E-state index < -0.39 is 54.1 Å². The predicted molar refractivity (Wildman–Crippen MR) is 185 cm³/mol. The van der Waals surface area contributed by atoms with E-state index in [1.165, 1.54) is 38.4 Å². The number of nitrogens with one attached hydrogen (secondary N) is 1. The molecule has 1 radical (unpaired) electrons. The lowest BCUT2D eigenvalue weighted by Gasteiger charge is -2.20. The van der Waals surface area contributed by atoms with Gasteiger partial charge in [0.2, 0.25) is 18.0 Å². The summed E-state index contributed by atoms with van der Waals surface area (Å²) >= 11 is 0. The zero-order chi connectivity index (χ0) is 37.2. The van der Waals surface area contributed by atoms with Gasteiger partial charge in [-0.25, -0.2) is 4.79 Å². The van der Waals surface area contributed by atoms with E-state index in [0.717, 1.165) is 51.4 Å². The van der Waals surface area contributed by atoms with Crippen LogP contribution >= 0.6 is 0 Å². The van der Waals surface area contributed by atoms with Gasteiger partial charge in [0.05, 0.1) is 39.6 Å². The first kappa shape index (κ1) is 47.2. The number of ether oxygens (including phenoxy) is 4. The summed E-state index contributed by atoms with van der Waals surface area (Å²) < 4.78 is 21.0. The van der Waals surface area contributed by atoms with Crippen LogP contribution in [0.15, 0.2) is 0 Å². The second kappa shape index (κ2) is 33.3. The monoisotopic (exact) mass is 716 g/mol. The number of Topliss-reactive ketones (excluding diaryl/α,β-unsaturated/α-hetero) is 2. The summed E-state index contributed by atoms with van der Waals surface area (Å²) in [6, 6.07) is -1.35. The van der Waals surface area contributed by atoms with Crippen molar-refractivity contribution in [2.45, 2.75) is 134 Å². The van der Waals surface area contributed by atoms with Gasteiger partial charge in [-0.1, -0.05) is 77.0 Å². The summed E-state index contributed by atoms with van der Waals surface area (Å²) in [6.07, 6.45) is 12.3. The highest BCUT2D eigenvalue weighted by atomic mass is 16.5. The topological polar surface area (TPSA) is 244 Å². The molecule has 0 bridgehead atoms. The van der Waals surface area contributed by atoms with Crippen molar-refractivity contribution >= 4 is 35.7 Å². The van der Waals surface area contributed by atoms with Gasteiger partial charge in [0.1, 0.15) is 6.04 Å². The lowest BCUT2D eigenvalue weighted by atomic mass is 10.00. The highest BCUT2D eigenvalue weighted by molar-refractivity contribution is 6.12. The first-order valence-electron chi connectivity index (χ1n) is 18.1. The van der Waals surface area contributed by atoms with Crippen LogP contribution in [0.5, 0.6) is 0 Å². The molecule has 15 nitrogen and oxygen atoms in total.